The first-order valence-electron chi connectivity index (χ1n) is 15.6. The van der Waals surface area contributed by atoms with E-state index in [-0.39, 0.29) is 116 Å². The van der Waals surface area contributed by atoms with Crippen molar-refractivity contribution in [3.05, 3.63) is 181 Å². The van der Waals surface area contributed by atoms with Crippen molar-refractivity contribution in [2.45, 2.75) is 96.8 Å². The van der Waals surface area contributed by atoms with Crippen molar-refractivity contribution < 1.29 is 110 Å². The number of carbonyl (C=O) groups is 1. The van der Waals surface area contributed by atoms with Crippen LogP contribution in [0.2, 0.25) is 13.7 Å². The first-order valence-corrected chi connectivity index (χ1v) is 21.4. The number of hydrogen-bond donors (Lipinski definition) is 0. The molecule has 0 bridgehead atoms. The van der Waals surface area contributed by atoms with E-state index >= 15 is 0 Å². The first-order chi connectivity index (χ1) is 26.3. The van der Waals surface area contributed by atoms with Gasteiger partial charge in [-0.15, -0.1) is 0 Å². The van der Waals surface area contributed by atoms with Gasteiger partial charge < -0.3 is 12.8 Å². The van der Waals surface area contributed by atoms with Crippen LogP contribution in [-0.2, 0) is 110 Å². The molecule has 0 N–H and O–H groups in total. The van der Waals surface area contributed by atoms with E-state index in [1.807, 2.05) is 103 Å². The molecule has 324 valence electrons. The minimum Gasteiger partial charge on any atom is -0.474 e. The van der Waals surface area contributed by atoms with Gasteiger partial charge in [0.15, 0.2) is 0 Å². The summed E-state index contributed by atoms with van der Waals surface area (Å²) in [5.74, 6) is 1.63. The van der Waals surface area contributed by atoms with Gasteiger partial charge in [-0.05, 0) is 51.4 Å². The Bertz CT molecular complexity index is 819. The second-order valence-electron chi connectivity index (χ2n) is 13.7. The van der Waals surface area contributed by atoms with Crippen LogP contribution in [0.1, 0.15) is 83.1 Å². The van der Waals surface area contributed by atoms with Crippen LogP contribution in [0.5, 0.6) is 0 Å². The smallest absolute Gasteiger partial charge is 0.474 e. The fourth-order valence-corrected chi connectivity index (χ4v) is 16.9. The second kappa shape index (κ2) is 71.9. The van der Waals surface area contributed by atoms with E-state index in [1.54, 1.807) is 0 Å². The molecule has 4 fully saturated rings. The molecule has 0 atom stereocenters. The molecule has 0 aliphatic heterocycles. The summed E-state index contributed by atoms with van der Waals surface area (Å²) >= 11 is -0.363. The SMILES string of the molecule is C[C](C)(C)[Sn+][C](C)(C)C.C[C](C)(C)[Sn+][C](C)(C)C.O=C([C]1[CH][CH][CH][CH]1)[C]1[CH][CH][CH][CH]1.[C-]#[O+].[C-]#[O+].[C-]#[O+].[C-]#[O+].[C-]#[O+].[C-]#[O+].[C-]#[O+].[C-]#[O+].[C-]1[CH][CH][CH][CH]1.[C-]1[CH][CH][CH][CH]1.[Co].[Co].[Fe+2].[Fe+2]. The molecule has 0 heterocycles. The van der Waals surface area contributed by atoms with E-state index in [4.69, 9.17) is 37.2 Å². The van der Waals surface area contributed by atoms with E-state index < -0.39 is 0 Å². The molecular formula is C45H52Co2Fe2O9Sn2+4. The molecule has 4 aliphatic carbocycles. The average molecular weight is 1200 g/mol. The molecule has 15 heteroatoms. The number of Topliss-reactive ketones (excluding diaryl/α,β-unsaturated/α-hetero) is 1. The minimum absolute atomic E-state index is 0. The van der Waals surface area contributed by atoms with Crippen molar-refractivity contribution in [2.24, 2.45) is 0 Å². The summed E-state index contributed by atoms with van der Waals surface area (Å²) in [7, 11) is 0. The van der Waals surface area contributed by atoms with Crippen LogP contribution in [0.25, 0.3) is 0 Å². The summed E-state index contributed by atoms with van der Waals surface area (Å²) in [5.41, 5.74) is 0. The van der Waals surface area contributed by atoms with Crippen LogP contribution < -0.4 is 0 Å². The minimum atomic E-state index is -0.182. The van der Waals surface area contributed by atoms with Crippen LogP contribution in [0.15, 0.2) is 0 Å². The second-order valence-corrected chi connectivity index (χ2v) is 32.2. The molecule has 9 nitrogen and oxygen atoms in total. The van der Waals surface area contributed by atoms with Crippen molar-refractivity contribution in [2.75, 3.05) is 0 Å². The van der Waals surface area contributed by atoms with E-state index in [2.05, 4.69) is 149 Å². The van der Waals surface area contributed by atoms with Crippen LogP contribution in [0.4, 0.5) is 0 Å². The van der Waals surface area contributed by atoms with Gasteiger partial charge in [-0.25, -0.2) is 25.7 Å². The summed E-state index contributed by atoms with van der Waals surface area (Å²) in [5, 5.41) is 0. The Kier molecular flexibility index (Phi) is 114. The number of hydrogen-bond acceptors (Lipinski definition) is 1. The number of rotatable bonds is 2. The molecule has 4 aliphatic rings. The summed E-state index contributed by atoms with van der Waals surface area (Å²) in [6, 6.07) is 0. The molecule has 0 aromatic rings. The maximum absolute atomic E-state index is 11.6. The summed E-state index contributed by atoms with van der Waals surface area (Å²) in [6.07, 6.45) is 35.8. The van der Waals surface area contributed by atoms with E-state index in [9.17, 15) is 4.79 Å². The third-order valence-corrected chi connectivity index (χ3v) is 12.9. The van der Waals surface area contributed by atoms with Gasteiger partial charge in [-0.1, -0.05) is 25.7 Å². The Morgan fingerprint density at radius 2 is 0.533 bits per heavy atom. The summed E-state index contributed by atoms with van der Waals surface area (Å²) in [4.78, 5) is 11.6. The Morgan fingerprint density at radius 1 is 0.383 bits per heavy atom. The topological polar surface area (TPSA) is 176 Å². The van der Waals surface area contributed by atoms with Crippen molar-refractivity contribution >= 4 is 48.1 Å². The monoisotopic (exact) mass is 1210 g/mol. The van der Waals surface area contributed by atoms with Crippen molar-refractivity contribution in [3.8, 4) is 0 Å². The molecule has 4 rings (SSSR count). The van der Waals surface area contributed by atoms with Gasteiger partial charge in [0.2, 0.25) is 0 Å². The zero-order valence-electron chi connectivity index (χ0n) is 35.8. The molecule has 4 saturated carbocycles. The van der Waals surface area contributed by atoms with Gasteiger partial charge in [0, 0.05) is 45.4 Å². The molecule has 0 spiro atoms. The van der Waals surface area contributed by atoms with Gasteiger partial charge >= 0.3 is 264 Å². The predicted octanol–water partition coefficient (Wildman–Crippen LogP) is 9.11. The molecule has 60 heavy (non-hydrogen) atoms. The van der Waals surface area contributed by atoms with E-state index in [0.29, 0.717) is 13.7 Å². The first kappa shape index (κ1) is 95.5. The maximum atomic E-state index is 11.6. The Morgan fingerprint density at radius 3 is 0.617 bits per heavy atom. The van der Waals surface area contributed by atoms with Crippen molar-refractivity contribution in [1.82, 2.24) is 0 Å². The largest absolute Gasteiger partial charge is 2.00 e. The normalized spacial score (nSPS) is 13.7. The fraction of sp³-hybridized carbons (Fsp3) is 0.356. The van der Waals surface area contributed by atoms with Gasteiger partial charge in [-0.3, -0.25) is 4.79 Å². The van der Waals surface area contributed by atoms with Gasteiger partial charge in [0.25, 0.3) is 0 Å². The van der Waals surface area contributed by atoms with Gasteiger partial charge in [0.1, 0.15) is 5.78 Å². The third kappa shape index (κ3) is 98.2. The Labute approximate surface area is 431 Å². The zero-order chi connectivity index (χ0) is 46.9. The molecule has 0 amide bonds. The van der Waals surface area contributed by atoms with Gasteiger partial charge in [0.05, 0.1) is 0 Å². The van der Waals surface area contributed by atoms with E-state index in [1.165, 1.54) is 0 Å². The fourth-order valence-electron chi connectivity index (χ4n) is 4.02. The Balaban J connectivity index is -0.0000000386. The quantitative estimate of drug-likeness (QED) is 0.150. The average Bonchev–Trinajstić information content (AvgIpc) is 4.02. The Hall–Kier alpha value is 1.24. The number of carbonyl (C=O) groups excluding carboxylic acids is 1. The third-order valence-electron chi connectivity index (χ3n) is 4.34. The summed E-state index contributed by atoms with van der Waals surface area (Å²) < 4.78 is 62.6. The molecule has 0 aromatic carbocycles. The van der Waals surface area contributed by atoms with Crippen LogP contribution >= 0.6 is 0 Å². The molecule has 0 aromatic heterocycles. The molecular weight excluding hydrogens is 1150 g/mol. The summed E-state index contributed by atoms with van der Waals surface area (Å²) in [6.45, 7) is 64.4. The molecule has 24 radical (unpaired) electrons. The van der Waals surface area contributed by atoms with Crippen LogP contribution in [-0.4, -0.2) is 48.1 Å². The number of ketones is 1. The zero-order valence-corrected chi connectivity index (χ0v) is 45.8. The van der Waals surface area contributed by atoms with Crippen LogP contribution in [0.3, 0.4) is 0 Å². The van der Waals surface area contributed by atoms with Crippen LogP contribution in [0, 0.1) is 181 Å². The standard InChI is InChI=1S/C11H8O.2C5H4.4C4H9.8CO.2Co.2Fe.2Sn/c12-11(9-5-1-2-6-9)10-7-3-4-8-10;2*1-2-4-5-3-1;4*1-4(2)3;8*1-2;;;;;;/h1-8H;2*1-4H;4*1-3H3;;;;;;;;;;;;;;/q;2*-1;;;;;;;;;;;;;;;2*+2;2*+1. The van der Waals surface area contributed by atoms with Gasteiger partial charge in [-0.2, -0.15) is 0 Å². The predicted molar refractivity (Wildman–Crippen MR) is 209 cm³/mol. The molecule has 0 unspecified atom stereocenters. The molecule has 0 saturated heterocycles. The maximum Gasteiger partial charge on any atom is 2.00 e. The van der Waals surface area contributed by atoms with Crippen molar-refractivity contribution in [1.29, 1.82) is 0 Å². The van der Waals surface area contributed by atoms with Crippen molar-refractivity contribution in [3.63, 3.8) is 0 Å². The van der Waals surface area contributed by atoms with E-state index in [0.717, 1.165) is 11.8 Å².